The first-order chi connectivity index (χ1) is 9.50. The minimum atomic E-state index is -1.14. The number of rotatable bonds is 6. The summed E-state index contributed by atoms with van der Waals surface area (Å²) in [5, 5.41) is 9.39. The molecule has 0 aliphatic heterocycles. The van der Waals surface area contributed by atoms with Gasteiger partial charge in [0.15, 0.2) is 0 Å². The number of aromatic carboxylic acids is 1. The van der Waals surface area contributed by atoms with Gasteiger partial charge in [-0.25, -0.2) is 9.18 Å². The third-order valence-corrected chi connectivity index (χ3v) is 3.71. The molecule has 0 aliphatic rings. The lowest BCUT2D eigenvalue weighted by atomic mass is 10.1. The average Bonchev–Trinajstić information content (AvgIpc) is 2.75. The first-order valence-electron chi connectivity index (χ1n) is 5.57. The molecule has 1 heterocycles. The molecule has 4 N–H and O–H groups in total. The molecule has 1 amide bonds. The van der Waals surface area contributed by atoms with E-state index in [4.69, 9.17) is 15.7 Å². The van der Waals surface area contributed by atoms with Gasteiger partial charge in [0.25, 0.3) is 0 Å². The maximum atomic E-state index is 13.8. The van der Waals surface area contributed by atoms with Crippen molar-refractivity contribution >= 4 is 33.3 Å². The van der Waals surface area contributed by atoms with Gasteiger partial charge < -0.3 is 10.8 Å². The summed E-state index contributed by atoms with van der Waals surface area (Å²) in [5.41, 5.74) is 7.58. The van der Waals surface area contributed by atoms with Crippen molar-refractivity contribution in [2.24, 2.45) is 5.73 Å². The standard InChI is InChI=1S/C12H11FN2O4S/c13-7-2-1-3-8-10(7)6(11(20-8)12(17)18)4-15-19-5-9(14)16/h1-3,15H,4-5H2,(H2,14,16)(H,17,18). The maximum absolute atomic E-state index is 13.8. The lowest BCUT2D eigenvalue weighted by Crippen LogP contribution is -2.24. The molecule has 2 rings (SSSR count). The van der Waals surface area contributed by atoms with E-state index in [9.17, 15) is 14.0 Å². The second-order valence-electron chi connectivity index (χ2n) is 3.90. The Hall–Kier alpha value is -2.03. The van der Waals surface area contributed by atoms with Gasteiger partial charge in [-0.05, 0) is 12.1 Å². The number of thiophene rings is 1. The van der Waals surface area contributed by atoms with Crippen LogP contribution in [0.1, 0.15) is 15.2 Å². The molecule has 2 aromatic rings. The molecule has 0 aliphatic carbocycles. The van der Waals surface area contributed by atoms with E-state index in [1.165, 1.54) is 12.1 Å². The summed E-state index contributed by atoms with van der Waals surface area (Å²) >= 11 is 0.984. The SMILES string of the molecule is NC(=O)CONCc1c(C(=O)O)sc2cccc(F)c12. The number of nitrogens with one attached hydrogen (secondary N) is 1. The summed E-state index contributed by atoms with van der Waals surface area (Å²) in [6.07, 6.45) is 0. The molecule has 0 fully saturated rings. The highest BCUT2D eigenvalue weighted by molar-refractivity contribution is 7.21. The molecule has 0 radical (unpaired) electrons. The average molecular weight is 298 g/mol. The van der Waals surface area contributed by atoms with Crippen LogP contribution in [-0.4, -0.2) is 23.6 Å². The number of carbonyl (C=O) groups is 2. The molecule has 0 saturated heterocycles. The number of nitrogens with two attached hydrogens (primary N) is 1. The molecule has 0 unspecified atom stereocenters. The molecule has 20 heavy (non-hydrogen) atoms. The summed E-state index contributed by atoms with van der Waals surface area (Å²) in [7, 11) is 0. The summed E-state index contributed by atoms with van der Waals surface area (Å²) in [5.74, 6) is -2.31. The van der Waals surface area contributed by atoms with Gasteiger partial charge in [-0.3, -0.25) is 9.63 Å². The lowest BCUT2D eigenvalue weighted by molar-refractivity contribution is -0.125. The number of primary amides is 1. The normalized spacial score (nSPS) is 10.8. The molecule has 0 spiro atoms. The Labute approximate surface area is 116 Å². The topological polar surface area (TPSA) is 102 Å². The van der Waals surface area contributed by atoms with Gasteiger partial charge in [0.2, 0.25) is 5.91 Å². The van der Waals surface area contributed by atoms with Crippen LogP contribution in [0.15, 0.2) is 18.2 Å². The molecular formula is C12H11FN2O4S. The van der Waals surface area contributed by atoms with Gasteiger partial charge in [0.05, 0.1) is 0 Å². The van der Waals surface area contributed by atoms with Crippen molar-refractivity contribution in [1.29, 1.82) is 0 Å². The van der Waals surface area contributed by atoms with Crippen LogP contribution in [0.5, 0.6) is 0 Å². The van der Waals surface area contributed by atoms with Crippen LogP contribution in [-0.2, 0) is 16.2 Å². The van der Waals surface area contributed by atoms with Gasteiger partial charge in [-0.15, -0.1) is 11.3 Å². The van der Waals surface area contributed by atoms with Crippen LogP contribution in [0, 0.1) is 5.82 Å². The van der Waals surface area contributed by atoms with E-state index < -0.39 is 17.7 Å². The second kappa shape index (κ2) is 5.95. The van der Waals surface area contributed by atoms with E-state index in [1.54, 1.807) is 6.07 Å². The predicted molar refractivity (Wildman–Crippen MR) is 70.7 cm³/mol. The fourth-order valence-corrected chi connectivity index (χ4v) is 2.83. The molecular weight excluding hydrogens is 287 g/mol. The van der Waals surface area contributed by atoms with Gasteiger partial charge in [-0.2, -0.15) is 5.48 Å². The Morgan fingerprint density at radius 1 is 1.45 bits per heavy atom. The molecule has 1 aromatic carbocycles. The van der Waals surface area contributed by atoms with Crippen LogP contribution in [0.3, 0.4) is 0 Å². The number of fused-ring (bicyclic) bond motifs is 1. The van der Waals surface area contributed by atoms with E-state index >= 15 is 0 Å². The molecule has 6 nitrogen and oxygen atoms in total. The number of amides is 1. The quantitative estimate of drug-likeness (QED) is 0.550. The summed E-state index contributed by atoms with van der Waals surface area (Å²) in [6, 6.07) is 4.42. The Bertz CT molecular complexity index is 671. The molecule has 1 aromatic heterocycles. The zero-order valence-electron chi connectivity index (χ0n) is 10.2. The van der Waals surface area contributed by atoms with E-state index in [0.29, 0.717) is 4.70 Å². The number of carbonyl (C=O) groups excluding carboxylic acids is 1. The van der Waals surface area contributed by atoms with Gasteiger partial charge in [0, 0.05) is 22.2 Å². The second-order valence-corrected chi connectivity index (χ2v) is 4.96. The zero-order chi connectivity index (χ0) is 14.7. The van der Waals surface area contributed by atoms with Crippen molar-refractivity contribution in [3.63, 3.8) is 0 Å². The van der Waals surface area contributed by atoms with Crippen molar-refractivity contribution in [2.45, 2.75) is 6.54 Å². The molecule has 106 valence electrons. The van der Waals surface area contributed by atoms with Gasteiger partial charge >= 0.3 is 5.97 Å². The first-order valence-corrected chi connectivity index (χ1v) is 6.38. The van der Waals surface area contributed by atoms with E-state index in [-0.39, 0.29) is 29.0 Å². The minimum absolute atomic E-state index is 0.0280. The Morgan fingerprint density at radius 3 is 2.85 bits per heavy atom. The predicted octanol–water partition coefficient (Wildman–Crippen LogP) is 1.25. The van der Waals surface area contributed by atoms with E-state index in [1.807, 2.05) is 0 Å². The fourth-order valence-electron chi connectivity index (χ4n) is 1.75. The monoisotopic (exact) mass is 298 g/mol. The third-order valence-electron chi connectivity index (χ3n) is 2.52. The minimum Gasteiger partial charge on any atom is -0.477 e. The summed E-state index contributed by atoms with van der Waals surface area (Å²) in [4.78, 5) is 26.5. The lowest BCUT2D eigenvalue weighted by Gasteiger charge is -2.05. The van der Waals surface area contributed by atoms with Crippen molar-refractivity contribution in [1.82, 2.24) is 5.48 Å². The number of benzene rings is 1. The van der Waals surface area contributed by atoms with Crippen LogP contribution < -0.4 is 11.2 Å². The van der Waals surface area contributed by atoms with E-state index in [0.717, 1.165) is 11.3 Å². The number of halogens is 1. The van der Waals surface area contributed by atoms with Crippen molar-refractivity contribution in [3.05, 3.63) is 34.5 Å². The highest BCUT2D eigenvalue weighted by Crippen LogP contribution is 2.33. The first kappa shape index (κ1) is 14.4. The van der Waals surface area contributed by atoms with Crippen LogP contribution in [0.2, 0.25) is 0 Å². The van der Waals surface area contributed by atoms with E-state index in [2.05, 4.69) is 5.48 Å². The van der Waals surface area contributed by atoms with Gasteiger partial charge in [-0.1, -0.05) is 6.07 Å². The summed E-state index contributed by atoms with van der Waals surface area (Å²) in [6.45, 7) is -0.400. The number of carboxylic acids is 1. The number of hydrogen-bond acceptors (Lipinski definition) is 5. The van der Waals surface area contributed by atoms with Gasteiger partial charge in [0.1, 0.15) is 17.3 Å². The Balaban J connectivity index is 2.31. The van der Waals surface area contributed by atoms with Crippen LogP contribution >= 0.6 is 11.3 Å². The molecule has 8 heteroatoms. The fraction of sp³-hybridized carbons (Fsp3) is 0.167. The highest BCUT2D eigenvalue weighted by atomic mass is 32.1. The van der Waals surface area contributed by atoms with Crippen LogP contribution in [0.4, 0.5) is 4.39 Å². The summed E-state index contributed by atoms with van der Waals surface area (Å²) < 4.78 is 14.4. The van der Waals surface area contributed by atoms with Crippen LogP contribution in [0.25, 0.3) is 10.1 Å². The largest absolute Gasteiger partial charge is 0.477 e. The van der Waals surface area contributed by atoms with Crippen molar-refractivity contribution in [3.8, 4) is 0 Å². The smallest absolute Gasteiger partial charge is 0.346 e. The molecule has 0 saturated carbocycles. The molecule has 0 bridgehead atoms. The maximum Gasteiger partial charge on any atom is 0.346 e. The third kappa shape index (κ3) is 2.93. The Kier molecular flexibility index (Phi) is 4.28. The molecule has 0 atom stereocenters. The Morgan fingerprint density at radius 2 is 2.20 bits per heavy atom. The van der Waals surface area contributed by atoms with Crippen molar-refractivity contribution < 1.29 is 23.9 Å². The number of hydrogen-bond donors (Lipinski definition) is 3. The number of carboxylic acid groups (broad SMARTS) is 1. The van der Waals surface area contributed by atoms with Crippen molar-refractivity contribution in [2.75, 3.05) is 6.61 Å². The highest BCUT2D eigenvalue weighted by Gasteiger charge is 2.19. The number of hydroxylamine groups is 1. The zero-order valence-corrected chi connectivity index (χ0v) is 11.0.